The zero-order valence-corrected chi connectivity index (χ0v) is 22.4. The zero-order valence-electron chi connectivity index (χ0n) is 22.4. The summed E-state index contributed by atoms with van der Waals surface area (Å²) in [6, 6.07) is 0. The van der Waals surface area contributed by atoms with E-state index >= 15 is 0 Å². The molecule has 4 nitrogen and oxygen atoms in total. The molecular formula is C29H53O4-. The SMILES string of the molecule is C=C([O-])[C@H](C)CCCC(C)(O)CCCC(C)CCCC1(C)CCC2CC(O)C(C)C(C)C2O1. The maximum atomic E-state index is 11.3. The number of aliphatic hydroxyl groups is 2. The molecule has 0 aromatic rings. The average molecular weight is 466 g/mol. The van der Waals surface area contributed by atoms with Crippen molar-refractivity contribution in [3.63, 3.8) is 0 Å². The third-order valence-corrected chi connectivity index (χ3v) is 9.14. The van der Waals surface area contributed by atoms with Gasteiger partial charge in [0.05, 0.1) is 23.4 Å². The molecule has 194 valence electrons. The fourth-order valence-corrected chi connectivity index (χ4v) is 6.16. The first-order valence-electron chi connectivity index (χ1n) is 13.8. The van der Waals surface area contributed by atoms with Crippen LogP contribution in [-0.2, 0) is 4.74 Å². The van der Waals surface area contributed by atoms with Crippen LogP contribution in [0.3, 0.4) is 0 Å². The minimum absolute atomic E-state index is 0.00182. The number of rotatable bonds is 13. The second-order valence-corrected chi connectivity index (χ2v) is 12.5. The van der Waals surface area contributed by atoms with E-state index in [4.69, 9.17) is 4.74 Å². The van der Waals surface area contributed by atoms with E-state index in [-0.39, 0.29) is 23.4 Å². The van der Waals surface area contributed by atoms with Gasteiger partial charge in [-0.25, -0.2) is 0 Å². The van der Waals surface area contributed by atoms with E-state index in [2.05, 4.69) is 34.3 Å². The Morgan fingerprint density at radius 1 is 1.12 bits per heavy atom. The van der Waals surface area contributed by atoms with Gasteiger partial charge >= 0.3 is 0 Å². The van der Waals surface area contributed by atoms with E-state index in [0.29, 0.717) is 29.8 Å². The highest BCUT2D eigenvalue weighted by Crippen LogP contribution is 2.46. The summed E-state index contributed by atoms with van der Waals surface area (Å²) in [6.45, 7) is 16.4. The number of fused-ring (bicyclic) bond motifs is 1. The monoisotopic (exact) mass is 465 g/mol. The van der Waals surface area contributed by atoms with Gasteiger partial charge in [0.15, 0.2) is 0 Å². The van der Waals surface area contributed by atoms with Crippen LogP contribution in [0.5, 0.6) is 0 Å². The van der Waals surface area contributed by atoms with E-state index in [0.717, 1.165) is 57.8 Å². The molecule has 1 heterocycles. The van der Waals surface area contributed by atoms with Crippen molar-refractivity contribution in [1.29, 1.82) is 0 Å². The predicted molar refractivity (Wildman–Crippen MR) is 135 cm³/mol. The molecule has 2 rings (SSSR count). The van der Waals surface area contributed by atoms with Crippen molar-refractivity contribution in [2.45, 2.75) is 142 Å². The number of hydrogen-bond donors (Lipinski definition) is 2. The lowest BCUT2D eigenvalue weighted by molar-refractivity contribution is -0.313. The van der Waals surface area contributed by atoms with Gasteiger partial charge in [0.1, 0.15) is 0 Å². The molecular weight excluding hydrogens is 412 g/mol. The fraction of sp³-hybridized carbons (Fsp3) is 0.931. The Balaban J connectivity index is 1.64. The zero-order chi connectivity index (χ0) is 24.8. The summed E-state index contributed by atoms with van der Waals surface area (Å²) in [6.07, 6.45) is 12.3. The molecule has 1 saturated heterocycles. The molecule has 0 amide bonds. The van der Waals surface area contributed by atoms with Crippen molar-refractivity contribution in [1.82, 2.24) is 0 Å². The molecule has 1 aliphatic carbocycles. The Morgan fingerprint density at radius 2 is 1.73 bits per heavy atom. The molecule has 9 atom stereocenters. The highest BCUT2D eigenvalue weighted by Gasteiger charge is 2.46. The third-order valence-electron chi connectivity index (χ3n) is 9.14. The Kier molecular flexibility index (Phi) is 10.8. The van der Waals surface area contributed by atoms with Gasteiger partial charge in [-0.15, -0.1) is 12.3 Å². The maximum absolute atomic E-state index is 11.3. The van der Waals surface area contributed by atoms with Crippen molar-refractivity contribution in [2.24, 2.45) is 29.6 Å². The topological polar surface area (TPSA) is 72.8 Å². The third kappa shape index (κ3) is 8.85. The van der Waals surface area contributed by atoms with Crippen molar-refractivity contribution in [2.75, 3.05) is 0 Å². The summed E-state index contributed by atoms with van der Waals surface area (Å²) >= 11 is 0. The Labute approximate surface area is 204 Å². The van der Waals surface area contributed by atoms with Crippen molar-refractivity contribution < 1.29 is 20.1 Å². The lowest BCUT2D eigenvalue weighted by atomic mass is 9.67. The Morgan fingerprint density at radius 3 is 2.36 bits per heavy atom. The number of allylic oxidation sites excluding steroid dienone is 1. The first kappa shape index (κ1) is 28.7. The molecule has 2 aliphatic rings. The molecule has 1 aliphatic heterocycles. The van der Waals surface area contributed by atoms with Gasteiger partial charge in [-0.1, -0.05) is 59.8 Å². The highest BCUT2D eigenvalue weighted by atomic mass is 16.5. The first-order valence-corrected chi connectivity index (χ1v) is 13.8. The number of hydrogen-bond acceptors (Lipinski definition) is 4. The molecule has 2 fully saturated rings. The van der Waals surface area contributed by atoms with Crippen LogP contribution in [0.4, 0.5) is 0 Å². The molecule has 2 N–H and O–H groups in total. The molecule has 0 bridgehead atoms. The van der Waals surface area contributed by atoms with Crippen LogP contribution in [-0.4, -0.2) is 33.6 Å². The van der Waals surface area contributed by atoms with E-state index in [9.17, 15) is 15.3 Å². The van der Waals surface area contributed by atoms with Crippen LogP contribution < -0.4 is 5.11 Å². The second-order valence-electron chi connectivity index (χ2n) is 12.5. The summed E-state index contributed by atoms with van der Waals surface area (Å²) in [7, 11) is 0. The summed E-state index contributed by atoms with van der Waals surface area (Å²) in [5.74, 6) is 1.92. The number of aliphatic hydroxyl groups excluding tert-OH is 1. The van der Waals surface area contributed by atoms with E-state index in [1.165, 1.54) is 19.3 Å². The normalized spacial score (nSPS) is 35.9. The van der Waals surface area contributed by atoms with Gasteiger partial charge < -0.3 is 20.1 Å². The standard InChI is InChI=1S/C29H54O4/c1-20(11-8-15-28(6,32)16-10-13-21(2)24(5)30)12-9-17-29(7)18-14-25-19-26(31)22(3)23(4)27(25)33-29/h20-23,25-27,30-32H,5,8-19H2,1-4,6-7H3/p-1/t20?,21-,22?,23?,25?,26?,27?,28?,29?/m1/s1. The molecule has 1 saturated carbocycles. The molecule has 0 radical (unpaired) electrons. The minimum atomic E-state index is -0.634. The van der Waals surface area contributed by atoms with Crippen LogP contribution in [0.2, 0.25) is 0 Å². The summed E-state index contributed by atoms with van der Waals surface area (Å²) in [5.41, 5.74) is -0.654. The molecule has 0 aromatic carbocycles. The van der Waals surface area contributed by atoms with Gasteiger partial charge in [-0.2, -0.15) is 0 Å². The minimum Gasteiger partial charge on any atom is -0.876 e. The summed E-state index contributed by atoms with van der Waals surface area (Å²) in [5, 5.41) is 32.3. The van der Waals surface area contributed by atoms with Gasteiger partial charge in [-0.05, 0) is 88.4 Å². The van der Waals surface area contributed by atoms with Crippen molar-refractivity contribution in [3.05, 3.63) is 12.3 Å². The summed E-state index contributed by atoms with van der Waals surface area (Å²) in [4.78, 5) is 0. The molecule has 8 unspecified atom stereocenters. The molecule has 4 heteroatoms. The molecule has 33 heavy (non-hydrogen) atoms. The van der Waals surface area contributed by atoms with Crippen LogP contribution in [0.15, 0.2) is 12.3 Å². The Bertz CT molecular complexity index is 600. The lowest BCUT2D eigenvalue weighted by Gasteiger charge is -2.51. The predicted octanol–water partition coefficient (Wildman–Crippen LogP) is 5.99. The quantitative estimate of drug-likeness (QED) is 0.328. The van der Waals surface area contributed by atoms with Gasteiger partial charge in [-0.3, -0.25) is 0 Å². The first-order chi connectivity index (χ1) is 15.3. The van der Waals surface area contributed by atoms with Crippen LogP contribution in [0.1, 0.15) is 119 Å². The largest absolute Gasteiger partial charge is 0.876 e. The second kappa shape index (κ2) is 12.4. The summed E-state index contributed by atoms with van der Waals surface area (Å²) < 4.78 is 6.72. The van der Waals surface area contributed by atoms with E-state index < -0.39 is 5.60 Å². The van der Waals surface area contributed by atoms with E-state index in [1.54, 1.807) is 0 Å². The van der Waals surface area contributed by atoms with Gasteiger partial charge in [0.25, 0.3) is 0 Å². The Hall–Kier alpha value is -0.580. The lowest BCUT2D eigenvalue weighted by Crippen LogP contribution is -2.52. The van der Waals surface area contributed by atoms with Gasteiger partial charge in [0.2, 0.25) is 0 Å². The highest BCUT2D eigenvalue weighted by molar-refractivity contribution is 4.95. The van der Waals surface area contributed by atoms with Gasteiger partial charge in [0, 0.05) is 0 Å². The van der Waals surface area contributed by atoms with Crippen molar-refractivity contribution in [3.8, 4) is 0 Å². The molecule has 0 spiro atoms. The van der Waals surface area contributed by atoms with Crippen LogP contribution >= 0.6 is 0 Å². The van der Waals surface area contributed by atoms with Crippen molar-refractivity contribution >= 4 is 0 Å². The van der Waals surface area contributed by atoms with Crippen LogP contribution in [0.25, 0.3) is 0 Å². The average Bonchev–Trinajstić information content (AvgIpc) is 2.72. The van der Waals surface area contributed by atoms with Crippen LogP contribution in [0, 0.1) is 29.6 Å². The number of ether oxygens (including phenoxy) is 1. The smallest absolute Gasteiger partial charge is 0.0658 e. The molecule has 0 aromatic heterocycles. The van der Waals surface area contributed by atoms with E-state index in [1.807, 2.05) is 13.8 Å². The maximum Gasteiger partial charge on any atom is 0.0658 e. The fourth-order valence-electron chi connectivity index (χ4n) is 6.16.